The molecule has 2 N–H and O–H groups in total. The molecule has 0 radical (unpaired) electrons. The minimum atomic E-state index is -0.348. The van der Waals surface area contributed by atoms with Gasteiger partial charge in [-0.05, 0) is 47.9 Å². The normalized spacial score (nSPS) is 10.3. The fourth-order valence-corrected chi connectivity index (χ4v) is 2.60. The molecule has 1 aromatic carbocycles. The van der Waals surface area contributed by atoms with Crippen LogP contribution >= 0.6 is 0 Å². The van der Waals surface area contributed by atoms with Crippen molar-refractivity contribution in [1.29, 1.82) is 0 Å². The van der Waals surface area contributed by atoms with E-state index in [0.717, 1.165) is 23.2 Å². The first-order valence-electron chi connectivity index (χ1n) is 8.71. The number of nitrogens with one attached hydrogen (secondary N) is 2. The van der Waals surface area contributed by atoms with Crippen LogP contribution in [0.15, 0.2) is 67.0 Å². The van der Waals surface area contributed by atoms with E-state index in [1.807, 2.05) is 43.3 Å². The summed E-state index contributed by atoms with van der Waals surface area (Å²) in [5.74, 6) is -0.685. The van der Waals surface area contributed by atoms with Crippen molar-refractivity contribution in [3.63, 3.8) is 0 Å². The third-order valence-electron chi connectivity index (χ3n) is 4.06. The largest absolute Gasteiger partial charge is 0.347 e. The summed E-state index contributed by atoms with van der Waals surface area (Å²) >= 11 is 0. The highest BCUT2D eigenvalue weighted by Crippen LogP contribution is 2.16. The molecule has 0 unspecified atom stereocenters. The SMILES string of the molecule is CCc1ccccc1NC(=O)c1cccc(C(=O)NCc2ccncc2)n1. The van der Waals surface area contributed by atoms with E-state index >= 15 is 0 Å². The van der Waals surface area contributed by atoms with Gasteiger partial charge in [0.15, 0.2) is 0 Å². The summed E-state index contributed by atoms with van der Waals surface area (Å²) in [6.07, 6.45) is 4.14. The average Bonchev–Trinajstić information content (AvgIpc) is 2.73. The number of hydrogen-bond acceptors (Lipinski definition) is 4. The van der Waals surface area contributed by atoms with Gasteiger partial charge in [0.05, 0.1) is 0 Å². The first kappa shape index (κ1) is 18.3. The minimum absolute atomic E-state index is 0.192. The molecule has 6 nitrogen and oxygen atoms in total. The molecule has 0 atom stereocenters. The zero-order valence-electron chi connectivity index (χ0n) is 15.0. The number of benzene rings is 1. The summed E-state index contributed by atoms with van der Waals surface area (Å²) in [5.41, 5.74) is 3.11. The van der Waals surface area contributed by atoms with Crippen LogP contribution in [0.2, 0.25) is 0 Å². The Balaban J connectivity index is 1.69. The molecule has 0 bridgehead atoms. The highest BCUT2D eigenvalue weighted by molar-refractivity contribution is 6.04. The molecular formula is C21H20N4O2. The number of para-hydroxylation sites is 1. The number of hydrogen-bond donors (Lipinski definition) is 2. The molecule has 0 aliphatic carbocycles. The third kappa shape index (κ3) is 4.76. The van der Waals surface area contributed by atoms with E-state index in [2.05, 4.69) is 20.6 Å². The van der Waals surface area contributed by atoms with Crippen LogP contribution in [-0.2, 0) is 13.0 Å². The molecule has 0 aliphatic heterocycles. The van der Waals surface area contributed by atoms with Crippen molar-refractivity contribution in [3.05, 3.63) is 89.5 Å². The van der Waals surface area contributed by atoms with E-state index in [1.54, 1.807) is 30.6 Å². The number of anilines is 1. The number of amides is 2. The minimum Gasteiger partial charge on any atom is -0.347 e. The topological polar surface area (TPSA) is 84.0 Å². The number of rotatable bonds is 6. The van der Waals surface area contributed by atoms with E-state index in [1.165, 1.54) is 0 Å². The van der Waals surface area contributed by atoms with Crippen molar-refractivity contribution in [2.45, 2.75) is 19.9 Å². The van der Waals surface area contributed by atoms with Crippen molar-refractivity contribution in [2.75, 3.05) is 5.32 Å². The quantitative estimate of drug-likeness (QED) is 0.707. The van der Waals surface area contributed by atoms with Crippen molar-refractivity contribution >= 4 is 17.5 Å². The molecule has 0 saturated heterocycles. The lowest BCUT2D eigenvalue weighted by molar-refractivity contribution is 0.0945. The van der Waals surface area contributed by atoms with E-state index < -0.39 is 0 Å². The standard InChI is InChI=1S/C21H20N4O2/c1-2-16-6-3-4-7-17(16)25-21(27)19-9-5-8-18(24-19)20(26)23-14-15-10-12-22-13-11-15/h3-13H,2,14H2,1H3,(H,23,26)(H,25,27). The second-order valence-corrected chi connectivity index (χ2v) is 5.91. The van der Waals surface area contributed by atoms with Gasteiger partial charge in [0.1, 0.15) is 11.4 Å². The molecule has 136 valence electrons. The van der Waals surface area contributed by atoms with Crippen molar-refractivity contribution in [1.82, 2.24) is 15.3 Å². The Kier molecular flexibility index (Phi) is 5.89. The number of pyridine rings is 2. The molecule has 27 heavy (non-hydrogen) atoms. The second-order valence-electron chi connectivity index (χ2n) is 5.91. The number of carbonyl (C=O) groups excluding carboxylic acids is 2. The second kappa shape index (κ2) is 8.71. The molecule has 2 heterocycles. The molecular weight excluding hydrogens is 340 g/mol. The smallest absolute Gasteiger partial charge is 0.274 e. The monoisotopic (exact) mass is 360 g/mol. The summed E-state index contributed by atoms with van der Waals surface area (Å²) < 4.78 is 0. The van der Waals surface area contributed by atoms with Gasteiger partial charge < -0.3 is 10.6 Å². The van der Waals surface area contributed by atoms with Crippen molar-refractivity contribution in [2.24, 2.45) is 0 Å². The number of nitrogens with zero attached hydrogens (tertiary/aromatic N) is 2. The Morgan fingerprint density at radius 2 is 1.59 bits per heavy atom. The molecule has 3 rings (SSSR count). The average molecular weight is 360 g/mol. The first-order valence-corrected chi connectivity index (χ1v) is 8.71. The zero-order chi connectivity index (χ0) is 19.1. The van der Waals surface area contributed by atoms with Crippen LogP contribution in [-0.4, -0.2) is 21.8 Å². The lowest BCUT2D eigenvalue weighted by Crippen LogP contribution is -2.25. The van der Waals surface area contributed by atoms with Crippen molar-refractivity contribution < 1.29 is 9.59 Å². The lowest BCUT2D eigenvalue weighted by atomic mass is 10.1. The molecule has 0 aliphatic rings. The molecule has 2 aromatic heterocycles. The number of aryl methyl sites for hydroxylation is 1. The predicted molar refractivity (Wildman–Crippen MR) is 103 cm³/mol. The Hall–Kier alpha value is -3.54. The van der Waals surface area contributed by atoms with Gasteiger partial charge >= 0.3 is 0 Å². The van der Waals surface area contributed by atoms with Gasteiger partial charge in [0.2, 0.25) is 0 Å². The van der Waals surface area contributed by atoms with Crippen LogP contribution in [0.4, 0.5) is 5.69 Å². The maximum absolute atomic E-state index is 12.5. The molecule has 6 heteroatoms. The molecule has 3 aromatic rings. The Bertz CT molecular complexity index is 942. The van der Waals surface area contributed by atoms with Gasteiger partial charge in [0, 0.05) is 24.6 Å². The van der Waals surface area contributed by atoms with Crippen LogP contribution in [0.5, 0.6) is 0 Å². The summed E-state index contributed by atoms with van der Waals surface area (Å²) in [7, 11) is 0. The Morgan fingerprint density at radius 1 is 0.889 bits per heavy atom. The van der Waals surface area contributed by atoms with Gasteiger partial charge in [0.25, 0.3) is 11.8 Å². The summed E-state index contributed by atoms with van der Waals surface area (Å²) in [5, 5.41) is 5.65. The van der Waals surface area contributed by atoms with Gasteiger partial charge in [-0.15, -0.1) is 0 Å². The molecule has 0 saturated carbocycles. The number of aromatic nitrogens is 2. The van der Waals surface area contributed by atoms with Gasteiger partial charge in [-0.1, -0.05) is 31.2 Å². The molecule has 0 spiro atoms. The van der Waals surface area contributed by atoms with Gasteiger partial charge in [-0.2, -0.15) is 0 Å². The van der Waals surface area contributed by atoms with E-state index in [4.69, 9.17) is 0 Å². The Labute approximate surface area is 157 Å². The summed E-state index contributed by atoms with van der Waals surface area (Å²) in [6, 6.07) is 16.1. The van der Waals surface area contributed by atoms with E-state index in [0.29, 0.717) is 6.54 Å². The maximum atomic E-state index is 12.5. The third-order valence-corrected chi connectivity index (χ3v) is 4.06. The lowest BCUT2D eigenvalue weighted by Gasteiger charge is -2.10. The van der Waals surface area contributed by atoms with Crippen LogP contribution in [0.1, 0.15) is 39.0 Å². The highest BCUT2D eigenvalue weighted by Gasteiger charge is 2.13. The van der Waals surface area contributed by atoms with Crippen molar-refractivity contribution in [3.8, 4) is 0 Å². The van der Waals surface area contributed by atoms with Crippen LogP contribution < -0.4 is 10.6 Å². The van der Waals surface area contributed by atoms with Crippen LogP contribution in [0.3, 0.4) is 0 Å². The van der Waals surface area contributed by atoms with E-state index in [-0.39, 0.29) is 23.2 Å². The predicted octanol–water partition coefficient (Wildman–Crippen LogP) is 3.22. The summed E-state index contributed by atoms with van der Waals surface area (Å²) in [6.45, 7) is 2.39. The van der Waals surface area contributed by atoms with Gasteiger partial charge in [-0.25, -0.2) is 4.98 Å². The summed E-state index contributed by atoms with van der Waals surface area (Å²) in [4.78, 5) is 33.0. The van der Waals surface area contributed by atoms with E-state index in [9.17, 15) is 9.59 Å². The fraction of sp³-hybridized carbons (Fsp3) is 0.143. The Morgan fingerprint density at radius 3 is 2.33 bits per heavy atom. The fourth-order valence-electron chi connectivity index (χ4n) is 2.60. The molecule has 2 amide bonds. The van der Waals surface area contributed by atoms with Crippen LogP contribution in [0.25, 0.3) is 0 Å². The maximum Gasteiger partial charge on any atom is 0.274 e. The first-order chi connectivity index (χ1) is 13.2. The molecule has 0 fully saturated rings. The van der Waals surface area contributed by atoms with Gasteiger partial charge in [-0.3, -0.25) is 14.6 Å². The van der Waals surface area contributed by atoms with Crippen LogP contribution in [0, 0.1) is 0 Å². The number of carbonyl (C=O) groups is 2. The highest BCUT2D eigenvalue weighted by atomic mass is 16.2. The zero-order valence-corrected chi connectivity index (χ0v) is 15.0.